The predicted octanol–water partition coefficient (Wildman–Crippen LogP) is 1.26. The molecule has 0 aromatic carbocycles. The minimum atomic E-state index is 0.880. The Bertz CT molecular complexity index is 560. The van der Waals surface area contributed by atoms with Crippen molar-refractivity contribution in [3.8, 4) is 0 Å². The average molecular weight is 284 g/mol. The van der Waals surface area contributed by atoms with Crippen molar-refractivity contribution < 1.29 is 0 Å². The third-order valence-corrected chi connectivity index (χ3v) is 3.67. The molecule has 0 spiro atoms. The lowest BCUT2D eigenvalue weighted by atomic mass is 10.3. The highest BCUT2D eigenvalue weighted by molar-refractivity contribution is 5.47. The summed E-state index contributed by atoms with van der Waals surface area (Å²) in [5.41, 5.74) is 0. The quantitative estimate of drug-likeness (QED) is 0.846. The second kappa shape index (κ2) is 5.95. The van der Waals surface area contributed by atoms with Crippen molar-refractivity contribution in [1.29, 1.82) is 0 Å². The first kappa shape index (κ1) is 13.6. The molecule has 0 N–H and O–H groups in total. The minimum absolute atomic E-state index is 0.880. The summed E-state index contributed by atoms with van der Waals surface area (Å²) in [6.45, 7) is 3.78. The smallest absolute Gasteiger partial charge is 0.151 e. The van der Waals surface area contributed by atoms with Gasteiger partial charge in [0, 0.05) is 46.5 Å². The number of rotatable bonds is 3. The SMILES string of the molecule is CN(C)c1ccc(N2CCN(c3ccccn3)CC2)nn1. The second-order valence-electron chi connectivity index (χ2n) is 5.31. The maximum atomic E-state index is 4.41. The Balaban J connectivity index is 1.63. The minimum Gasteiger partial charge on any atom is -0.361 e. The van der Waals surface area contributed by atoms with E-state index in [1.54, 1.807) is 0 Å². The first-order valence-corrected chi connectivity index (χ1v) is 7.16. The fraction of sp³-hybridized carbons (Fsp3) is 0.400. The van der Waals surface area contributed by atoms with Gasteiger partial charge >= 0.3 is 0 Å². The Morgan fingerprint density at radius 1 is 0.857 bits per heavy atom. The maximum Gasteiger partial charge on any atom is 0.151 e. The van der Waals surface area contributed by atoms with Crippen molar-refractivity contribution in [3.63, 3.8) is 0 Å². The van der Waals surface area contributed by atoms with E-state index in [0.717, 1.165) is 43.6 Å². The van der Waals surface area contributed by atoms with Crippen LogP contribution < -0.4 is 14.7 Å². The summed E-state index contributed by atoms with van der Waals surface area (Å²) in [7, 11) is 3.94. The van der Waals surface area contributed by atoms with Gasteiger partial charge in [0.2, 0.25) is 0 Å². The highest BCUT2D eigenvalue weighted by Gasteiger charge is 2.19. The standard InChI is InChI=1S/C15H20N6/c1-19(2)14-6-7-15(18-17-14)21-11-9-20(10-12-21)13-5-3-4-8-16-13/h3-8H,9-12H2,1-2H3. The molecule has 3 heterocycles. The van der Waals surface area contributed by atoms with Crippen LogP contribution in [0.4, 0.5) is 17.5 Å². The van der Waals surface area contributed by atoms with Crippen molar-refractivity contribution in [1.82, 2.24) is 15.2 Å². The van der Waals surface area contributed by atoms with Gasteiger partial charge in [-0.25, -0.2) is 4.98 Å². The monoisotopic (exact) mass is 284 g/mol. The third kappa shape index (κ3) is 3.04. The average Bonchev–Trinajstić information content (AvgIpc) is 2.56. The van der Waals surface area contributed by atoms with Crippen LogP contribution in [0, 0.1) is 0 Å². The van der Waals surface area contributed by atoms with E-state index in [1.807, 2.05) is 49.5 Å². The number of pyridine rings is 1. The molecule has 0 aliphatic carbocycles. The van der Waals surface area contributed by atoms with E-state index in [-0.39, 0.29) is 0 Å². The van der Waals surface area contributed by atoms with Crippen molar-refractivity contribution in [3.05, 3.63) is 36.5 Å². The van der Waals surface area contributed by atoms with Gasteiger partial charge < -0.3 is 14.7 Å². The molecule has 0 saturated carbocycles. The van der Waals surface area contributed by atoms with Gasteiger partial charge in [-0.2, -0.15) is 0 Å². The molecule has 6 heteroatoms. The van der Waals surface area contributed by atoms with Crippen LogP contribution in [0.15, 0.2) is 36.5 Å². The summed E-state index contributed by atoms with van der Waals surface area (Å²) in [4.78, 5) is 10.9. The summed E-state index contributed by atoms with van der Waals surface area (Å²) >= 11 is 0. The van der Waals surface area contributed by atoms with Crippen LogP contribution in [0.3, 0.4) is 0 Å². The molecule has 0 bridgehead atoms. The van der Waals surface area contributed by atoms with E-state index in [9.17, 15) is 0 Å². The molecule has 110 valence electrons. The molecular weight excluding hydrogens is 264 g/mol. The Morgan fingerprint density at radius 3 is 2.10 bits per heavy atom. The van der Waals surface area contributed by atoms with Crippen LogP contribution in [0.2, 0.25) is 0 Å². The highest BCUT2D eigenvalue weighted by Crippen LogP contribution is 2.17. The van der Waals surface area contributed by atoms with E-state index in [1.165, 1.54) is 0 Å². The van der Waals surface area contributed by atoms with Gasteiger partial charge in [0.05, 0.1) is 0 Å². The van der Waals surface area contributed by atoms with Crippen LogP contribution in [0.5, 0.6) is 0 Å². The molecule has 2 aromatic heterocycles. The van der Waals surface area contributed by atoms with Crippen molar-refractivity contribution in [2.24, 2.45) is 0 Å². The molecule has 1 saturated heterocycles. The van der Waals surface area contributed by atoms with E-state index >= 15 is 0 Å². The number of hydrogen-bond donors (Lipinski definition) is 0. The number of nitrogens with zero attached hydrogens (tertiary/aromatic N) is 6. The topological polar surface area (TPSA) is 48.4 Å². The normalized spacial score (nSPS) is 15.1. The van der Waals surface area contributed by atoms with Crippen LogP contribution in [-0.2, 0) is 0 Å². The molecule has 0 amide bonds. The van der Waals surface area contributed by atoms with Gasteiger partial charge in [0.1, 0.15) is 5.82 Å². The third-order valence-electron chi connectivity index (χ3n) is 3.67. The fourth-order valence-corrected chi connectivity index (χ4v) is 2.43. The van der Waals surface area contributed by atoms with E-state index in [2.05, 4.69) is 31.0 Å². The first-order chi connectivity index (χ1) is 10.2. The molecule has 1 aliphatic heterocycles. The summed E-state index contributed by atoms with van der Waals surface area (Å²) in [5.74, 6) is 2.87. The summed E-state index contributed by atoms with van der Waals surface area (Å²) in [5, 5.41) is 8.56. The highest BCUT2D eigenvalue weighted by atomic mass is 15.3. The Morgan fingerprint density at radius 2 is 1.57 bits per heavy atom. The van der Waals surface area contributed by atoms with Crippen LogP contribution in [-0.4, -0.2) is 55.5 Å². The lowest BCUT2D eigenvalue weighted by Crippen LogP contribution is -2.47. The molecule has 0 atom stereocenters. The van der Waals surface area contributed by atoms with Crippen LogP contribution >= 0.6 is 0 Å². The number of anilines is 3. The molecule has 1 aliphatic rings. The fourth-order valence-electron chi connectivity index (χ4n) is 2.43. The molecule has 3 rings (SSSR count). The van der Waals surface area contributed by atoms with Crippen molar-refractivity contribution in [2.75, 3.05) is 55.0 Å². The summed E-state index contributed by atoms with van der Waals surface area (Å²) < 4.78 is 0. The van der Waals surface area contributed by atoms with Gasteiger partial charge in [-0.1, -0.05) is 6.07 Å². The van der Waals surface area contributed by atoms with Gasteiger partial charge in [-0.05, 0) is 24.3 Å². The lowest BCUT2D eigenvalue weighted by Gasteiger charge is -2.35. The van der Waals surface area contributed by atoms with E-state index < -0.39 is 0 Å². The van der Waals surface area contributed by atoms with Crippen molar-refractivity contribution in [2.45, 2.75) is 0 Å². The molecule has 21 heavy (non-hydrogen) atoms. The van der Waals surface area contributed by atoms with Gasteiger partial charge in [0.25, 0.3) is 0 Å². The number of piperazine rings is 1. The van der Waals surface area contributed by atoms with Gasteiger partial charge in [-0.3, -0.25) is 0 Å². The molecule has 0 radical (unpaired) electrons. The second-order valence-corrected chi connectivity index (χ2v) is 5.31. The number of aromatic nitrogens is 3. The first-order valence-electron chi connectivity index (χ1n) is 7.16. The number of hydrogen-bond acceptors (Lipinski definition) is 6. The predicted molar refractivity (Wildman–Crippen MR) is 85.0 cm³/mol. The van der Waals surface area contributed by atoms with Crippen LogP contribution in [0.1, 0.15) is 0 Å². The zero-order valence-corrected chi connectivity index (χ0v) is 12.5. The van der Waals surface area contributed by atoms with Crippen LogP contribution in [0.25, 0.3) is 0 Å². The molecular formula is C15H20N6. The van der Waals surface area contributed by atoms with Crippen molar-refractivity contribution >= 4 is 17.5 Å². The summed E-state index contributed by atoms with van der Waals surface area (Å²) in [6, 6.07) is 10.1. The largest absolute Gasteiger partial charge is 0.361 e. The molecule has 1 fully saturated rings. The van der Waals surface area contributed by atoms with E-state index in [0.29, 0.717) is 0 Å². The molecule has 6 nitrogen and oxygen atoms in total. The Hall–Kier alpha value is -2.37. The van der Waals surface area contributed by atoms with E-state index in [4.69, 9.17) is 0 Å². The van der Waals surface area contributed by atoms with Gasteiger partial charge in [-0.15, -0.1) is 10.2 Å². The molecule has 0 unspecified atom stereocenters. The molecule has 2 aromatic rings. The zero-order chi connectivity index (χ0) is 14.7. The Labute approximate surface area is 125 Å². The lowest BCUT2D eigenvalue weighted by molar-refractivity contribution is 0.638. The maximum absolute atomic E-state index is 4.41. The van der Waals surface area contributed by atoms with Gasteiger partial charge in [0.15, 0.2) is 11.6 Å². The Kier molecular flexibility index (Phi) is 3.85. The zero-order valence-electron chi connectivity index (χ0n) is 12.5. The summed E-state index contributed by atoms with van der Waals surface area (Å²) in [6.07, 6.45) is 1.84.